The van der Waals surface area contributed by atoms with Crippen LogP contribution in [0, 0.1) is 11.6 Å². The van der Waals surface area contributed by atoms with Crippen molar-refractivity contribution in [1.29, 1.82) is 0 Å². The van der Waals surface area contributed by atoms with Crippen LogP contribution in [0.3, 0.4) is 0 Å². The second kappa shape index (κ2) is 5.43. The van der Waals surface area contributed by atoms with Crippen molar-refractivity contribution < 1.29 is 13.6 Å². The zero-order valence-electron chi connectivity index (χ0n) is 10.1. The molecule has 1 amide bonds. The van der Waals surface area contributed by atoms with Crippen LogP contribution in [-0.2, 0) is 0 Å². The summed E-state index contributed by atoms with van der Waals surface area (Å²) in [5.74, 6) is -2.10. The lowest BCUT2D eigenvalue weighted by Crippen LogP contribution is -2.14. The molecule has 0 bridgehead atoms. The van der Waals surface area contributed by atoms with E-state index in [9.17, 15) is 13.6 Å². The van der Waals surface area contributed by atoms with Crippen molar-refractivity contribution in [3.8, 4) is 0 Å². The normalized spacial score (nSPS) is 10.1. The molecule has 0 saturated heterocycles. The smallest absolute Gasteiger partial charge is 0.274 e. The Bertz CT molecular complexity index is 599. The molecule has 0 saturated carbocycles. The van der Waals surface area contributed by atoms with Gasteiger partial charge in [-0.15, -0.1) is 0 Å². The molecule has 1 heterocycles. The molecule has 0 unspecified atom stereocenters. The summed E-state index contributed by atoms with van der Waals surface area (Å²) in [6, 6.07) is 6.10. The number of carbonyl (C=O) groups is 1. The SMILES string of the molecule is CNc1ccc(C(=O)Nc2ccc(F)cc2F)nc1. The first kappa shape index (κ1) is 12.9. The molecule has 0 spiro atoms. The van der Waals surface area contributed by atoms with Gasteiger partial charge in [-0.2, -0.15) is 0 Å². The second-order valence-corrected chi connectivity index (χ2v) is 3.76. The number of halogens is 2. The number of nitrogens with zero attached hydrogens (tertiary/aromatic N) is 1. The molecule has 0 atom stereocenters. The Morgan fingerprint density at radius 3 is 2.58 bits per heavy atom. The van der Waals surface area contributed by atoms with E-state index in [1.165, 1.54) is 12.3 Å². The van der Waals surface area contributed by atoms with Crippen LogP contribution in [-0.4, -0.2) is 17.9 Å². The molecule has 6 heteroatoms. The summed E-state index contributed by atoms with van der Waals surface area (Å²) in [7, 11) is 1.73. The molecule has 1 aromatic heterocycles. The van der Waals surface area contributed by atoms with Gasteiger partial charge in [0.2, 0.25) is 0 Å². The van der Waals surface area contributed by atoms with Crippen LogP contribution in [0.2, 0.25) is 0 Å². The molecular weight excluding hydrogens is 252 g/mol. The minimum absolute atomic E-state index is 0.0918. The first-order chi connectivity index (χ1) is 9.10. The highest BCUT2D eigenvalue weighted by molar-refractivity contribution is 6.03. The number of anilines is 2. The standard InChI is InChI=1S/C13H11F2N3O/c1-16-9-3-5-12(17-7-9)13(19)18-11-4-2-8(14)6-10(11)15/h2-7,16H,1H3,(H,18,19). The van der Waals surface area contributed by atoms with Crippen molar-refractivity contribution in [3.05, 3.63) is 53.9 Å². The highest BCUT2D eigenvalue weighted by Gasteiger charge is 2.11. The molecule has 1 aromatic carbocycles. The number of benzene rings is 1. The Balaban J connectivity index is 2.15. The number of pyridine rings is 1. The van der Waals surface area contributed by atoms with E-state index in [0.29, 0.717) is 6.07 Å². The highest BCUT2D eigenvalue weighted by atomic mass is 19.1. The lowest BCUT2D eigenvalue weighted by atomic mass is 10.2. The zero-order valence-corrected chi connectivity index (χ0v) is 10.1. The van der Waals surface area contributed by atoms with Gasteiger partial charge >= 0.3 is 0 Å². The Morgan fingerprint density at radius 2 is 2.00 bits per heavy atom. The maximum atomic E-state index is 13.4. The predicted octanol–water partition coefficient (Wildman–Crippen LogP) is 2.65. The fourth-order valence-electron chi connectivity index (χ4n) is 1.45. The Morgan fingerprint density at radius 1 is 1.21 bits per heavy atom. The van der Waals surface area contributed by atoms with Gasteiger partial charge in [-0.1, -0.05) is 0 Å². The van der Waals surface area contributed by atoms with Crippen molar-refractivity contribution in [3.63, 3.8) is 0 Å². The van der Waals surface area contributed by atoms with E-state index < -0.39 is 17.5 Å². The van der Waals surface area contributed by atoms with Crippen LogP contribution < -0.4 is 10.6 Å². The lowest BCUT2D eigenvalue weighted by Gasteiger charge is -2.06. The number of amides is 1. The molecule has 0 aliphatic carbocycles. The molecule has 0 aliphatic heterocycles. The fraction of sp³-hybridized carbons (Fsp3) is 0.0769. The van der Waals surface area contributed by atoms with E-state index in [1.807, 2.05) is 0 Å². The summed E-state index contributed by atoms with van der Waals surface area (Å²) in [6.07, 6.45) is 1.48. The molecule has 2 N–H and O–H groups in total. The molecule has 0 aliphatic rings. The Labute approximate surface area is 108 Å². The summed E-state index contributed by atoms with van der Waals surface area (Å²) in [6.45, 7) is 0. The number of hydrogen-bond donors (Lipinski definition) is 2. The number of carbonyl (C=O) groups excluding carboxylic acids is 1. The third-order valence-electron chi connectivity index (χ3n) is 2.46. The van der Waals surface area contributed by atoms with Gasteiger partial charge in [-0.05, 0) is 24.3 Å². The number of aromatic nitrogens is 1. The largest absolute Gasteiger partial charge is 0.387 e. The van der Waals surface area contributed by atoms with Crippen molar-refractivity contribution in [1.82, 2.24) is 4.98 Å². The Kier molecular flexibility index (Phi) is 3.70. The van der Waals surface area contributed by atoms with E-state index in [4.69, 9.17) is 0 Å². The second-order valence-electron chi connectivity index (χ2n) is 3.76. The lowest BCUT2D eigenvalue weighted by molar-refractivity contribution is 0.102. The van der Waals surface area contributed by atoms with E-state index in [1.54, 1.807) is 13.1 Å². The summed E-state index contributed by atoms with van der Waals surface area (Å²) in [5.41, 5.74) is 0.804. The average molecular weight is 263 g/mol. The van der Waals surface area contributed by atoms with Crippen molar-refractivity contribution >= 4 is 17.3 Å². The predicted molar refractivity (Wildman–Crippen MR) is 68.1 cm³/mol. The van der Waals surface area contributed by atoms with E-state index in [-0.39, 0.29) is 11.4 Å². The van der Waals surface area contributed by atoms with Crippen molar-refractivity contribution in [2.24, 2.45) is 0 Å². The summed E-state index contributed by atoms with van der Waals surface area (Å²) in [4.78, 5) is 15.7. The van der Waals surface area contributed by atoms with Gasteiger partial charge in [-0.25, -0.2) is 13.8 Å². The van der Waals surface area contributed by atoms with Gasteiger partial charge in [0.05, 0.1) is 17.6 Å². The third-order valence-corrected chi connectivity index (χ3v) is 2.46. The minimum Gasteiger partial charge on any atom is -0.387 e. The monoisotopic (exact) mass is 263 g/mol. The topological polar surface area (TPSA) is 54.0 Å². The molecule has 19 heavy (non-hydrogen) atoms. The average Bonchev–Trinajstić information content (AvgIpc) is 2.42. The van der Waals surface area contributed by atoms with Gasteiger partial charge < -0.3 is 10.6 Å². The van der Waals surface area contributed by atoms with E-state index in [2.05, 4.69) is 15.6 Å². The highest BCUT2D eigenvalue weighted by Crippen LogP contribution is 2.16. The molecule has 2 rings (SSSR count). The molecule has 0 fully saturated rings. The minimum atomic E-state index is -0.833. The quantitative estimate of drug-likeness (QED) is 0.895. The third kappa shape index (κ3) is 3.04. The summed E-state index contributed by atoms with van der Waals surface area (Å²) >= 11 is 0. The first-order valence-electron chi connectivity index (χ1n) is 5.50. The van der Waals surface area contributed by atoms with Gasteiger partial charge in [0.1, 0.15) is 17.3 Å². The summed E-state index contributed by atoms with van der Waals surface area (Å²) in [5, 5.41) is 5.19. The number of hydrogen-bond acceptors (Lipinski definition) is 3. The van der Waals surface area contributed by atoms with Gasteiger partial charge in [0.25, 0.3) is 5.91 Å². The van der Waals surface area contributed by atoms with E-state index in [0.717, 1.165) is 17.8 Å². The molecule has 2 aromatic rings. The molecular formula is C13H11F2N3O. The maximum Gasteiger partial charge on any atom is 0.274 e. The van der Waals surface area contributed by atoms with Crippen LogP contribution >= 0.6 is 0 Å². The summed E-state index contributed by atoms with van der Waals surface area (Å²) < 4.78 is 26.1. The van der Waals surface area contributed by atoms with Crippen LogP contribution in [0.5, 0.6) is 0 Å². The van der Waals surface area contributed by atoms with Crippen LogP contribution in [0.15, 0.2) is 36.5 Å². The van der Waals surface area contributed by atoms with Crippen LogP contribution in [0.25, 0.3) is 0 Å². The van der Waals surface area contributed by atoms with Gasteiger partial charge in [-0.3, -0.25) is 4.79 Å². The maximum absolute atomic E-state index is 13.4. The first-order valence-corrected chi connectivity index (χ1v) is 5.50. The van der Waals surface area contributed by atoms with Crippen molar-refractivity contribution in [2.75, 3.05) is 17.7 Å². The van der Waals surface area contributed by atoms with Crippen LogP contribution in [0.1, 0.15) is 10.5 Å². The van der Waals surface area contributed by atoms with Gasteiger partial charge in [0, 0.05) is 13.1 Å². The molecule has 0 radical (unpaired) electrons. The van der Waals surface area contributed by atoms with Crippen LogP contribution in [0.4, 0.5) is 20.2 Å². The van der Waals surface area contributed by atoms with E-state index >= 15 is 0 Å². The molecule has 4 nitrogen and oxygen atoms in total. The van der Waals surface area contributed by atoms with Gasteiger partial charge in [0.15, 0.2) is 0 Å². The number of nitrogens with one attached hydrogen (secondary N) is 2. The van der Waals surface area contributed by atoms with Crippen molar-refractivity contribution in [2.45, 2.75) is 0 Å². The fourth-order valence-corrected chi connectivity index (χ4v) is 1.45. The number of rotatable bonds is 3. The zero-order chi connectivity index (χ0) is 13.8. The molecule has 98 valence electrons. The Hall–Kier alpha value is -2.50.